The van der Waals surface area contributed by atoms with Crippen molar-refractivity contribution in [2.24, 2.45) is 0 Å². The van der Waals surface area contributed by atoms with Gasteiger partial charge >= 0.3 is 0 Å². The van der Waals surface area contributed by atoms with Crippen LogP contribution in [0.25, 0.3) is 0 Å². The van der Waals surface area contributed by atoms with Crippen LogP contribution in [0.1, 0.15) is 18.9 Å². The van der Waals surface area contributed by atoms with Gasteiger partial charge in [-0.25, -0.2) is 0 Å². The molecule has 1 aliphatic rings. The molecule has 0 bridgehead atoms. The number of amides is 1. The molecule has 1 aromatic carbocycles. The first-order valence-electron chi connectivity index (χ1n) is 5.81. The van der Waals surface area contributed by atoms with Gasteiger partial charge in [0.25, 0.3) is 0 Å². The van der Waals surface area contributed by atoms with Crippen molar-refractivity contribution in [3.8, 4) is 12.3 Å². The molecule has 1 aromatic rings. The van der Waals surface area contributed by atoms with E-state index in [2.05, 4.69) is 16.6 Å². The topological polar surface area (TPSA) is 41.1 Å². The summed E-state index contributed by atoms with van der Waals surface area (Å²) in [5.41, 5.74) is 2.09. The molecule has 17 heavy (non-hydrogen) atoms. The maximum absolute atomic E-state index is 12.0. The Bertz CT molecular complexity index is 462. The number of aryl methyl sites for hydroxylation is 1. The average molecular weight is 228 g/mol. The minimum Gasteiger partial charge on any atom is -0.324 e. The SMILES string of the molecule is C#CC(C)NC1CCc2ccccc2NC1=O. The van der Waals surface area contributed by atoms with Gasteiger partial charge < -0.3 is 5.32 Å². The summed E-state index contributed by atoms with van der Waals surface area (Å²) in [5, 5.41) is 6.08. The summed E-state index contributed by atoms with van der Waals surface area (Å²) >= 11 is 0. The summed E-state index contributed by atoms with van der Waals surface area (Å²) < 4.78 is 0. The van der Waals surface area contributed by atoms with Gasteiger partial charge in [-0.2, -0.15) is 0 Å². The molecular formula is C14H16N2O. The zero-order valence-electron chi connectivity index (χ0n) is 9.86. The van der Waals surface area contributed by atoms with Crippen molar-refractivity contribution in [2.75, 3.05) is 5.32 Å². The van der Waals surface area contributed by atoms with Crippen molar-refractivity contribution in [2.45, 2.75) is 31.8 Å². The van der Waals surface area contributed by atoms with Crippen molar-refractivity contribution in [1.29, 1.82) is 0 Å². The quantitative estimate of drug-likeness (QED) is 0.754. The lowest BCUT2D eigenvalue weighted by molar-refractivity contribution is -0.118. The molecule has 1 heterocycles. The Kier molecular flexibility index (Phi) is 3.46. The predicted molar refractivity (Wildman–Crippen MR) is 68.6 cm³/mol. The second kappa shape index (κ2) is 5.03. The third-order valence-corrected chi connectivity index (χ3v) is 3.00. The lowest BCUT2D eigenvalue weighted by Gasteiger charge is -2.17. The molecule has 2 rings (SSSR count). The monoisotopic (exact) mass is 228 g/mol. The van der Waals surface area contributed by atoms with Gasteiger partial charge in [-0.3, -0.25) is 10.1 Å². The number of para-hydroxylation sites is 1. The van der Waals surface area contributed by atoms with Crippen molar-refractivity contribution in [1.82, 2.24) is 5.32 Å². The Morgan fingerprint density at radius 2 is 2.29 bits per heavy atom. The van der Waals surface area contributed by atoms with E-state index >= 15 is 0 Å². The summed E-state index contributed by atoms with van der Waals surface area (Å²) in [6, 6.07) is 7.59. The summed E-state index contributed by atoms with van der Waals surface area (Å²) in [7, 11) is 0. The molecule has 1 amide bonds. The van der Waals surface area contributed by atoms with Gasteiger partial charge in [0.1, 0.15) is 0 Å². The number of fused-ring (bicyclic) bond motifs is 1. The molecule has 0 aromatic heterocycles. The van der Waals surface area contributed by atoms with Gasteiger partial charge in [-0.05, 0) is 31.4 Å². The third kappa shape index (κ3) is 2.66. The zero-order chi connectivity index (χ0) is 12.3. The first-order chi connectivity index (χ1) is 8.20. The molecule has 0 saturated heterocycles. The van der Waals surface area contributed by atoms with Crippen LogP contribution in [0.2, 0.25) is 0 Å². The highest BCUT2D eigenvalue weighted by Crippen LogP contribution is 2.21. The second-order valence-electron chi connectivity index (χ2n) is 4.29. The lowest BCUT2D eigenvalue weighted by atomic mass is 10.1. The molecule has 88 valence electrons. The Hall–Kier alpha value is -1.79. The molecule has 0 spiro atoms. The van der Waals surface area contributed by atoms with Crippen LogP contribution in [-0.2, 0) is 11.2 Å². The minimum atomic E-state index is -0.214. The van der Waals surface area contributed by atoms with E-state index < -0.39 is 0 Å². The number of carbonyl (C=O) groups excluding carboxylic acids is 1. The molecule has 2 atom stereocenters. The van der Waals surface area contributed by atoms with Crippen LogP contribution in [0, 0.1) is 12.3 Å². The normalized spacial score (nSPS) is 20.7. The van der Waals surface area contributed by atoms with E-state index in [-0.39, 0.29) is 18.0 Å². The van der Waals surface area contributed by atoms with Crippen molar-refractivity contribution in [3.05, 3.63) is 29.8 Å². The van der Waals surface area contributed by atoms with Gasteiger partial charge in [0.2, 0.25) is 5.91 Å². The number of benzene rings is 1. The van der Waals surface area contributed by atoms with Crippen LogP contribution in [0.5, 0.6) is 0 Å². The van der Waals surface area contributed by atoms with Gasteiger partial charge in [0.15, 0.2) is 0 Å². The third-order valence-electron chi connectivity index (χ3n) is 3.00. The molecular weight excluding hydrogens is 212 g/mol. The Labute approximate surface area is 102 Å². The number of carbonyl (C=O) groups is 1. The average Bonchev–Trinajstić information content (AvgIpc) is 2.49. The molecule has 0 fully saturated rings. The predicted octanol–water partition coefficient (Wildman–Crippen LogP) is 1.55. The lowest BCUT2D eigenvalue weighted by Crippen LogP contribution is -2.43. The van der Waals surface area contributed by atoms with E-state index in [1.165, 1.54) is 5.56 Å². The Balaban J connectivity index is 2.13. The van der Waals surface area contributed by atoms with E-state index in [0.717, 1.165) is 18.5 Å². The summed E-state index contributed by atoms with van der Waals surface area (Å²) in [6.45, 7) is 1.88. The summed E-state index contributed by atoms with van der Waals surface area (Å²) in [4.78, 5) is 12.0. The number of hydrogen-bond donors (Lipinski definition) is 2. The maximum atomic E-state index is 12.0. The highest BCUT2D eigenvalue weighted by atomic mass is 16.2. The fourth-order valence-electron chi connectivity index (χ4n) is 2.02. The largest absolute Gasteiger partial charge is 0.324 e. The molecule has 3 nitrogen and oxygen atoms in total. The van der Waals surface area contributed by atoms with Crippen LogP contribution in [0.4, 0.5) is 5.69 Å². The summed E-state index contributed by atoms with van der Waals surface area (Å²) in [5.74, 6) is 2.58. The fourth-order valence-corrected chi connectivity index (χ4v) is 2.02. The van der Waals surface area contributed by atoms with Crippen LogP contribution in [0.3, 0.4) is 0 Å². The molecule has 0 aliphatic carbocycles. The molecule has 0 saturated carbocycles. The van der Waals surface area contributed by atoms with E-state index in [1.807, 2.05) is 31.2 Å². The van der Waals surface area contributed by atoms with Crippen LogP contribution in [-0.4, -0.2) is 18.0 Å². The molecule has 2 N–H and O–H groups in total. The molecule has 1 aliphatic heterocycles. The van der Waals surface area contributed by atoms with E-state index in [0.29, 0.717) is 0 Å². The van der Waals surface area contributed by atoms with Gasteiger partial charge in [-0.1, -0.05) is 24.1 Å². The number of hydrogen-bond acceptors (Lipinski definition) is 2. The number of anilines is 1. The second-order valence-corrected chi connectivity index (χ2v) is 4.29. The Morgan fingerprint density at radius 3 is 3.06 bits per heavy atom. The summed E-state index contributed by atoms with van der Waals surface area (Å²) in [6.07, 6.45) is 6.97. The highest BCUT2D eigenvalue weighted by molar-refractivity contribution is 5.96. The molecule has 3 heteroatoms. The van der Waals surface area contributed by atoms with E-state index in [1.54, 1.807) is 0 Å². The maximum Gasteiger partial charge on any atom is 0.241 e. The number of terminal acetylenes is 1. The molecule has 0 radical (unpaired) electrons. The minimum absolute atomic E-state index is 0.00273. The number of nitrogens with one attached hydrogen (secondary N) is 2. The standard InChI is InChI=1S/C14H16N2O/c1-3-10(2)15-13-9-8-11-6-4-5-7-12(11)16-14(13)17/h1,4-7,10,13,15H,8-9H2,2H3,(H,16,17). The molecule has 2 unspecified atom stereocenters. The van der Waals surface area contributed by atoms with Crippen LogP contribution >= 0.6 is 0 Å². The van der Waals surface area contributed by atoms with Crippen LogP contribution in [0.15, 0.2) is 24.3 Å². The van der Waals surface area contributed by atoms with Gasteiger partial charge in [0.05, 0.1) is 12.1 Å². The Morgan fingerprint density at radius 1 is 1.53 bits per heavy atom. The van der Waals surface area contributed by atoms with Crippen molar-refractivity contribution < 1.29 is 4.79 Å². The zero-order valence-corrected chi connectivity index (χ0v) is 9.86. The fraction of sp³-hybridized carbons (Fsp3) is 0.357. The van der Waals surface area contributed by atoms with Crippen molar-refractivity contribution in [3.63, 3.8) is 0 Å². The van der Waals surface area contributed by atoms with Crippen LogP contribution < -0.4 is 10.6 Å². The van der Waals surface area contributed by atoms with E-state index in [9.17, 15) is 4.79 Å². The highest BCUT2D eigenvalue weighted by Gasteiger charge is 2.23. The smallest absolute Gasteiger partial charge is 0.241 e. The van der Waals surface area contributed by atoms with Gasteiger partial charge in [0, 0.05) is 5.69 Å². The van der Waals surface area contributed by atoms with Gasteiger partial charge in [-0.15, -0.1) is 6.42 Å². The van der Waals surface area contributed by atoms with Crippen molar-refractivity contribution >= 4 is 11.6 Å². The first-order valence-corrected chi connectivity index (χ1v) is 5.81. The van der Waals surface area contributed by atoms with E-state index in [4.69, 9.17) is 6.42 Å². The number of rotatable bonds is 2. The first kappa shape index (κ1) is 11.7.